The SMILES string of the molecule is CCCCCCCCCC/C=C\CCCCCCCCCCCCCCCCCCCCCC(=O)NC(COP(=O)([O-])OCC[N+](C)(C)C)C(O)/C=C/CC/C=C/CC/C=C/CCCCCCCCCCCCCCC. The average molecular weight is 1090 g/mol. The van der Waals surface area contributed by atoms with Crippen molar-refractivity contribution in [3.05, 3.63) is 48.6 Å². The van der Waals surface area contributed by atoms with Crippen molar-refractivity contribution in [3.63, 3.8) is 0 Å². The summed E-state index contributed by atoms with van der Waals surface area (Å²) in [5, 5.41) is 13.9. The lowest BCUT2D eigenvalue weighted by Crippen LogP contribution is -2.45. The summed E-state index contributed by atoms with van der Waals surface area (Å²) in [6.45, 7) is 4.66. The molecule has 3 unspecified atom stereocenters. The van der Waals surface area contributed by atoms with Gasteiger partial charge in [-0.25, -0.2) is 0 Å². The van der Waals surface area contributed by atoms with Crippen LogP contribution < -0.4 is 10.2 Å². The van der Waals surface area contributed by atoms with Crippen LogP contribution in [0.2, 0.25) is 0 Å². The fourth-order valence-electron chi connectivity index (χ4n) is 9.83. The van der Waals surface area contributed by atoms with Crippen molar-refractivity contribution < 1.29 is 32.9 Å². The molecule has 0 rings (SSSR count). The molecule has 0 aromatic heterocycles. The van der Waals surface area contributed by atoms with E-state index < -0.39 is 26.6 Å². The summed E-state index contributed by atoms with van der Waals surface area (Å²) in [7, 11) is 1.25. The number of aliphatic hydroxyl groups is 1. The topological polar surface area (TPSA) is 108 Å². The van der Waals surface area contributed by atoms with Crippen molar-refractivity contribution in [3.8, 4) is 0 Å². The van der Waals surface area contributed by atoms with Gasteiger partial charge in [-0.15, -0.1) is 0 Å². The van der Waals surface area contributed by atoms with Crippen LogP contribution in [0.1, 0.15) is 322 Å². The number of amides is 1. The minimum Gasteiger partial charge on any atom is -0.756 e. The summed E-state index contributed by atoms with van der Waals surface area (Å²) < 4.78 is 23.4. The van der Waals surface area contributed by atoms with Gasteiger partial charge in [-0.1, -0.05) is 294 Å². The van der Waals surface area contributed by atoms with Crippen LogP contribution in [-0.2, 0) is 18.4 Å². The first-order valence-corrected chi connectivity index (χ1v) is 34.5. The van der Waals surface area contributed by atoms with E-state index in [4.69, 9.17) is 9.05 Å². The molecule has 9 heteroatoms. The van der Waals surface area contributed by atoms with Crippen LogP contribution >= 0.6 is 7.82 Å². The Hall–Kier alpha value is -1.54. The zero-order chi connectivity index (χ0) is 55.6. The monoisotopic (exact) mass is 1090 g/mol. The molecule has 2 N–H and O–H groups in total. The van der Waals surface area contributed by atoms with E-state index in [0.717, 1.165) is 44.9 Å². The van der Waals surface area contributed by atoms with Gasteiger partial charge in [-0.3, -0.25) is 9.36 Å². The first kappa shape index (κ1) is 74.5. The quantitative estimate of drug-likeness (QED) is 0.0272. The van der Waals surface area contributed by atoms with E-state index in [0.29, 0.717) is 17.4 Å². The minimum atomic E-state index is -4.61. The molecular weight excluding hydrogens is 960 g/mol. The highest BCUT2D eigenvalue weighted by atomic mass is 31.2. The van der Waals surface area contributed by atoms with Crippen molar-refractivity contribution in [2.24, 2.45) is 0 Å². The van der Waals surface area contributed by atoms with Gasteiger partial charge in [0.2, 0.25) is 5.91 Å². The van der Waals surface area contributed by atoms with Gasteiger partial charge in [0.25, 0.3) is 7.82 Å². The Morgan fingerprint density at radius 3 is 1.07 bits per heavy atom. The van der Waals surface area contributed by atoms with E-state index in [9.17, 15) is 19.4 Å². The van der Waals surface area contributed by atoms with Crippen LogP contribution in [0, 0.1) is 0 Å². The third kappa shape index (κ3) is 60.1. The van der Waals surface area contributed by atoms with Crippen molar-refractivity contribution in [1.82, 2.24) is 5.32 Å². The predicted molar refractivity (Wildman–Crippen MR) is 330 cm³/mol. The van der Waals surface area contributed by atoms with Gasteiger partial charge in [0.05, 0.1) is 39.9 Å². The lowest BCUT2D eigenvalue weighted by Gasteiger charge is -2.29. The summed E-state index contributed by atoms with van der Waals surface area (Å²) >= 11 is 0. The maximum Gasteiger partial charge on any atom is 0.268 e. The first-order valence-electron chi connectivity index (χ1n) is 33.0. The highest BCUT2D eigenvalue weighted by Gasteiger charge is 2.23. The number of hydrogen-bond acceptors (Lipinski definition) is 6. The van der Waals surface area contributed by atoms with Gasteiger partial charge in [0.1, 0.15) is 13.2 Å². The molecule has 0 aliphatic carbocycles. The largest absolute Gasteiger partial charge is 0.756 e. The van der Waals surface area contributed by atoms with Gasteiger partial charge in [0, 0.05) is 6.42 Å². The predicted octanol–water partition coefficient (Wildman–Crippen LogP) is 20.0. The summed E-state index contributed by atoms with van der Waals surface area (Å²) in [5.41, 5.74) is 0. The molecule has 448 valence electrons. The zero-order valence-corrected chi connectivity index (χ0v) is 52.1. The number of likely N-dealkylation sites (N-methyl/N-ethyl adjacent to an activating group) is 1. The van der Waals surface area contributed by atoms with Gasteiger partial charge in [-0.2, -0.15) is 0 Å². The summed E-state index contributed by atoms with van der Waals surface area (Å²) in [4.78, 5) is 25.6. The van der Waals surface area contributed by atoms with Crippen molar-refractivity contribution in [1.29, 1.82) is 0 Å². The van der Waals surface area contributed by atoms with E-state index >= 15 is 0 Å². The number of carbonyl (C=O) groups excluding carboxylic acids is 1. The van der Waals surface area contributed by atoms with Crippen LogP contribution in [0.4, 0.5) is 0 Å². The molecule has 8 nitrogen and oxygen atoms in total. The number of quaternary nitrogens is 1. The fraction of sp³-hybridized carbons (Fsp3) is 0.866. The van der Waals surface area contributed by atoms with Gasteiger partial charge >= 0.3 is 0 Å². The molecule has 0 saturated carbocycles. The van der Waals surface area contributed by atoms with Crippen LogP contribution in [0.5, 0.6) is 0 Å². The number of phosphoric acid groups is 1. The van der Waals surface area contributed by atoms with Crippen LogP contribution in [0.15, 0.2) is 48.6 Å². The Bertz CT molecular complexity index is 1380. The van der Waals surface area contributed by atoms with Crippen LogP contribution in [0.3, 0.4) is 0 Å². The van der Waals surface area contributed by atoms with E-state index in [-0.39, 0.29) is 12.5 Å². The molecule has 0 saturated heterocycles. The summed E-state index contributed by atoms with van der Waals surface area (Å²) in [6.07, 6.45) is 78.0. The number of nitrogens with one attached hydrogen (secondary N) is 1. The zero-order valence-electron chi connectivity index (χ0n) is 51.2. The normalized spacial score (nSPS) is 14.0. The van der Waals surface area contributed by atoms with Gasteiger partial charge < -0.3 is 28.8 Å². The standard InChI is InChI=1S/C67H129N2O6P/c1-6-8-10-12-14-16-18-20-22-24-26-28-30-31-32-33-34-35-36-37-39-41-43-45-47-49-51-53-55-57-59-61-67(71)68-65(64-75-76(72,73)74-63-62-69(3,4)5)66(70)60-58-56-54-52-50-48-46-44-42-40-38-29-27-25-23-21-19-17-15-13-11-9-7-2/h24,26,42,44,50,52,58,60,65-66,70H,6-23,25,27-41,43,45-49,51,53-57,59,61-64H2,1-5H3,(H-,68,71,72,73)/b26-24-,44-42+,52-50+,60-58+. The van der Waals surface area contributed by atoms with Crippen molar-refractivity contribution >= 4 is 13.7 Å². The second kappa shape index (κ2) is 58.1. The molecule has 0 heterocycles. The third-order valence-corrected chi connectivity index (χ3v) is 16.0. The number of allylic oxidation sites excluding steroid dienone is 7. The fourth-order valence-corrected chi connectivity index (χ4v) is 10.6. The van der Waals surface area contributed by atoms with E-state index in [1.165, 1.54) is 257 Å². The molecule has 0 aromatic carbocycles. The molecule has 0 aromatic rings. The van der Waals surface area contributed by atoms with E-state index in [1.54, 1.807) is 6.08 Å². The second-order valence-corrected chi connectivity index (χ2v) is 25.2. The number of unbranched alkanes of at least 4 members (excludes halogenated alkanes) is 42. The molecule has 3 atom stereocenters. The highest BCUT2D eigenvalue weighted by molar-refractivity contribution is 7.45. The molecule has 0 spiro atoms. The molecule has 0 aliphatic heterocycles. The van der Waals surface area contributed by atoms with E-state index in [1.807, 2.05) is 27.2 Å². The van der Waals surface area contributed by atoms with Crippen molar-refractivity contribution in [2.45, 2.75) is 334 Å². The number of hydrogen-bond donors (Lipinski definition) is 2. The highest BCUT2D eigenvalue weighted by Crippen LogP contribution is 2.38. The lowest BCUT2D eigenvalue weighted by molar-refractivity contribution is -0.870. The maximum absolute atomic E-state index is 13.0. The molecule has 1 amide bonds. The van der Waals surface area contributed by atoms with Gasteiger partial charge in [0.15, 0.2) is 0 Å². The average Bonchev–Trinajstić information content (AvgIpc) is 3.38. The van der Waals surface area contributed by atoms with Crippen LogP contribution in [0.25, 0.3) is 0 Å². The first-order chi connectivity index (χ1) is 37.0. The molecule has 0 radical (unpaired) electrons. The van der Waals surface area contributed by atoms with Crippen LogP contribution in [-0.4, -0.2) is 68.5 Å². The number of aliphatic hydroxyl groups excluding tert-OH is 1. The van der Waals surface area contributed by atoms with E-state index in [2.05, 4.69) is 55.6 Å². The Labute approximate surface area is 473 Å². The molecule has 0 fully saturated rings. The smallest absolute Gasteiger partial charge is 0.268 e. The molecule has 0 bridgehead atoms. The van der Waals surface area contributed by atoms with Gasteiger partial charge in [-0.05, 0) is 70.6 Å². The minimum absolute atomic E-state index is 0.00825. The Balaban J connectivity index is 4.12. The number of rotatable bonds is 61. The second-order valence-electron chi connectivity index (χ2n) is 23.8. The Morgan fingerprint density at radius 1 is 0.447 bits per heavy atom. The number of carbonyl (C=O) groups is 1. The molecule has 76 heavy (non-hydrogen) atoms. The Morgan fingerprint density at radius 2 is 0.737 bits per heavy atom. The van der Waals surface area contributed by atoms with Crippen molar-refractivity contribution in [2.75, 3.05) is 40.9 Å². The molecular formula is C67H129N2O6P. The summed E-state index contributed by atoms with van der Waals surface area (Å²) in [6, 6.07) is -0.910. The maximum atomic E-state index is 13.0. The number of nitrogens with zero attached hydrogens (tertiary/aromatic N) is 1. The lowest BCUT2D eigenvalue weighted by atomic mass is 10.0. The summed E-state index contributed by atoms with van der Waals surface area (Å²) in [5.74, 6) is -0.206. The number of phosphoric ester groups is 1. The Kier molecular flexibility index (Phi) is 56.9. The molecule has 0 aliphatic rings. The third-order valence-electron chi connectivity index (χ3n) is 15.0.